The maximum absolute atomic E-state index is 11.9. The number of amides is 1. The molecule has 0 atom stereocenters. The first-order valence-electron chi connectivity index (χ1n) is 6.41. The van der Waals surface area contributed by atoms with E-state index in [0.29, 0.717) is 12.1 Å². The van der Waals surface area contributed by atoms with Crippen LogP contribution >= 0.6 is 23.1 Å². The molecule has 0 spiro atoms. The number of rotatable bonds is 6. The summed E-state index contributed by atoms with van der Waals surface area (Å²) in [6, 6.07) is 3.60. The summed E-state index contributed by atoms with van der Waals surface area (Å²) in [5.41, 5.74) is 0.567. The van der Waals surface area contributed by atoms with E-state index in [4.69, 9.17) is 0 Å². The zero-order valence-corrected chi connectivity index (χ0v) is 13.8. The highest BCUT2D eigenvalue weighted by Gasteiger charge is 2.07. The molecule has 0 aliphatic rings. The topological polar surface area (TPSA) is 71.0 Å². The van der Waals surface area contributed by atoms with Crippen molar-refractivity contribution in [2.24, 2.45) is 0 Å². The Hall–Kier alpha value is -1.67. The van der Waals surface area contributed by atoms with Crippen LogP contribution in [0.2, 0.25) is 0 Å². The Morgan fingerprint density at radius 3 is 2.76 bits per heavy atom. The smallest absolute Gasteiger partial charge is 0.252 e. The van der Waals surface area contributed by atoms with Crippen molar-refractivity contribution in [1.82, 2.24) is 20.5 Å². The minimum absolute atomic E-state index is 0.109. The van der Waals surface area contributed by atoms with Crippen LogP contribution < -0.4 is 10.2 Å². The molecule has 2 rings (SSSR count). The fraction of sp³-hybridized carbons (Fsp3) is 0.385. The molecule has 112 valence electrons. The Kier molecular flexibility index (Phi) is 5.51. The number of hydrogen-bond acceptors (Lipinski definition) is 7. The Balaban J connectivity index is 1.76. The molecule has 1 amide bonds. The Labute approximate surface area is 132 Å². The first-order chi connectivity index (χ1) is 10.1. The quantitative estimate of drug-likeness (QED) is 0.646. The van der Waals surface area contributed by atoms with Gasteiger partial charge in [-0.1, -0.05) is 23.1 Å². The van der Waals surface area contributed by atoms with Gasteiger partial charge in [-0.3, -0.25) is 4.79 Å². The third-order valence-corrected chi connectivity index (χ3v) is 4.56. The van der Waals surface area contributed by atoms with Gasteiger partial charge in [0.1, 0.15) is 10.8 Å². The lowest BCUT2D eigenvalue weighted by Gasteiger charge is -2.11. The number of anilines is 1. The zero-order chi connectivity index (χ0) is 15.2. The van der Waals surface area contributed by atoms with Gasteiger partial charge in [0.2, 0.25) is 0 Å². The van der Waals surface area contributed by atoms with Gasteiger partial charge < -0.3 is 10.2 Å². The van der Waals surface area contributed by atoms with Crippen molar-refractivity contribution in [1.29, 1.82) is 0 Å². The standard InChI is InChI=1S/C13H17N5OS2/c1-9-16-17-13(21-9)20-7-6-14-12(19)10-4-5-11(15-8-10)18(2)3/h4-5,8H,6-7H2,1-3H3,(H,14,19). The molecule has 8 heteroatoms. The van der Waals surface area contributed by atoms with Gasteiger partial charge in [-0.15, -0.1) is 10.2 Å². The second-order valence-corrected chi connectivity index (χ2v) is 7.01. The van der Waals surface area contributed by atoms with E-state index in [1.54, 1.807) is 35.4 Å². The summed E-state index contributed by atoms with van der Waals surface area (Å²) in [6.07, 6.45) is 1.59. The molecule has 2 aromatic rings. The van der Waals surface area contributed by atoms with Gasteiger partial charge in [0.15, 0.2) is 4.34 Å². The van der Waals surface area contributed by atoms with Gasteiger partial charge in [0.05, 0.1) is 5.56 Å². The van der Waals surface area contributed by atoms with Crippen LogP contribution in [0.15, 0.2) is 22.7 Å². The van der Waals surface area contributed by atoms with Crippen molar-refractivity contribution in [3.63, 3.8) is 0 Å². The summed E-state index contributed by atoms with van der Waals surface area (Å²) in [5.74, 6) is 1.49. The number of nitrogens with zero attached hydrogens (tertiary/aromatic N) is 4. The number of aryl methyl sites for hydroxylation is 1. The van der Waals surface area contributed by atoms with Gasteiger partial charge in [-0.2, -0.15) is 0 Å². The highest BCUT2D eigenvalue weighted by Crippen LogP contribution is 2.20. The lowest BCUT2D eigenvalue weighted by Crippen LogP contribution is -2.26. The molecule has 0 fully saturated rings. The van der Waals surface area contributed by atoms with Crippen LogP contribution in [0.1, 0.15) is 15.4 Å². The molecule has 2 heterocycles. The molecule has 0 aromatic carbocycles. The number of carbonyl (C=O) groups excluding carboxylic acids is 1. The van der Waals surface area contributed by atoms with Crippen LogP contribution in [-0.4, -0.2) is 47.5 Å². The largest absolute Gasteiger partial charge is 0.363 e. The number of thioether (sulfide) groups is 1. The highest BCUT2D eigenvalue weighted by atomic mass is 32.2. The molecule has 21 heavy (non-hydrogen) atoms. The second-order valence-electron chi connectivity index (χ2n) is 4.49. The lowest BCUT2D eigenvalue weighted by molar-refractivity contribution is 0.0956. The predicted octanol–water partition coefficient (Wildman–Crippen LogP) is 1.83. The molecular formula is C13H17N5OS2. The average molecular weight is 323 g/mol. The van der Waals surface area contributed by atoms with Gasteiger partial charge in [0, 0.05) is 32.6 Å². The van der Waals surface area contributed by atoms with Gasteiger partial charge >= 0.3 is 0 Å². The molecule has 2 aromatic heterocycles. The van der Waals surface area contributed by atoms with Gasteiger partial charge in [-0.25, -0.2) is 4.98 Å². The second kappa shape index (κ2) is 7.37. The Morgan fingerprint density at radius 2 is 2.19 bits per heavy atom. The normalized spacial score (nSPS) is 10.4. The predicted molar refractivity (Wildman–Crippen MR) is 86.3 cm³/mol. The van der Waals surface area contributed by atoms with Crippen molar-refractivity contribution in [2.45, 2.75) is 11.3 Å². The Bertz CT molecular complexity index is 597. The summed E-state index contributed by atoms with van der Waals surface area (Å²) in [6.45, 7) is 2.51. The molecule has 0 aliphatic carbocycles. The number of carbonyl (C=O) groups is 1. The first kappa shape index (κ1) is 15.7. The van der Waals surface area contributed by atoms with Gasteiger partial charge in [0.25, 0.3) is 5.91 Å². The van der Waals surface area contributed by atoms with Crippen LogP contribution in [0.5, 0.6) is 0 Å². The van der Waals surface area contributed by atoms with E-state index >= 15 is 0 Å². The van der Waals surface area contributed by atoms with Crippen LogP contribution in [0.4, 0.5) is 5.82 Å². The number of pyridine rings is 1. The van der Waals surface area contributed by atoms with Crippen LogP contribution in [0.25, 0.3) is 0 Å². The number of hydrogen-bond donors (Lipinski definition) is 1. The van der Waals surface area contributed by atoms with Crippen LogP contribution in [0.3, 0.4) is 0 Å². The molecule has 0 saturated heterocycles. The van der Waals surface area contributed by atoms with Crippen LogP contribution in [0, 0.1) is 6.92 Å². The van der Waals surface area contributed by atoms with Crippen molar-refractivity contribution >= 4 is 34.8 Å². The fourth-order valence-electron chi connectivity index (χ4n) is 1.53. The molecule has 0 saturated carbocycles. The Morgan fingerprint density at radius 1 is 1.38 bits per heavy atom. The molecule has 0 unspecified atom stereocenters. The third-order valence-electron chi connectivity index (χ3n) is 2.59. The minimum Gasteiger partial charge on any atom is -0.363 e. The summed E-state index contributed by atoms with van der Waals surface area (Å²) in [5, 5.41) is 11.8. The van der Waals surface area contributed by atoms with Crippen molar-refractivity contribution in [3.8, 4) is 0 Å². The minimum atomic E-state index is -0.109. The maximum atomic E-state index is 11.9. The molecule has 0 radical (unpaired) electrons. The van der Waals surface area contributed by atoms with Crippen LogP contribution in [-0.2, 0) is 0 Å². The van der Waals surface area contributed by atoms with E-state index in [0.717, 1.165) is 20.9 Å². The number of nitrogens with one attached hydrogen (secondary N) is 1. The number of aromatic nitrogens is 3. The van der Waals surface area contributed by atoms with E-state index in [-0.39, 0.29) is 5.91 Å². The van der Waals surface area contributed by atoms with E-state index in [1.165, 1.54) is 0 Å². The van der Waals surface area contributed by atoms with E-state index in [9.17, 15) is 4.79 Å². The summed E-state index contributed by atoms with van der Waals surface area (Å²) in [7, 11) is 3.82. The zero-order valence-electron chi connectivity index (χ0n) is 12.2. The first-order valence-corrected chi connectivity index (χ1v) is 8.21. The summed E-state index contributed by atoms with van der Waals surface area (Å²) < 4.78 is 0.929. The van der Waals surface area contributed by atoms with Crippen molar-refractivity contribution in [3.05, 3.63) is 28.9 Å². The van der Waals surface area contributed by atoms with E-state index in [1.807, 2.05) is 32.0 Å². The molecule has 6 nitrogen and oxygen atoms in total. The van der Waals surface area contributed by atoms with E-state index < -0.39 is 0 Å². The fourth-order valence-corrected chi connectivity index (χ4v) is 3.27. The van der Waals surface area contributed by atoms with Crippen molar-refractivity contribution in [2.75, 3.05) is 31.3 Å². The van der Waals surface area contributed by atoms with Gasteiger partial charge in [-0.05, 0) is 19.1 Å². The molecular weight excluding hydrogens is 306 g/mol. The summed E-state index contributed by atoms with van der Waals surface area (Å²) in [4.78, 5) is 18.1. The monoisotopic (exact) mass is 323 g/mol. The average Bonchev–Trinajstić information content (AvgIpc) is 2.89. The van der Waals surface area contributed by atoms with Crippen molar-refractivity contribution < 1.29 is 4.79 Å². The molecule has 0 bridgehead atoms. The van der Waals surface area contributed by atoms with E-state index in [2.05, 4.69) is 20.5 Å². The molecule has 0 aliphatic heterocycles. The highest BCUT2D eigenvalue weighted by molar-refractivity contribution is 8.01. The third kappa shape index (κ3) is 4.68. The maximum Gasteiger partial charge on any atom is 0.252 e. The lowest BCUT2D eigenvalue weighted by atomic mass is 10.2. The summed E-state index contributed by atoms with van der Waals surface area (Å²) >= 11 is 3.15. The molecule has 1 N–H and O–H groups in total. The SMILES string of the molecule is Cc1nnc(SCCNC(=O)c2ccc(N(C)C)nc2)s1.